The molecule has 0 radical (unpaired) electrons. The Labute approximate surface area is 186 Å². The van der Waals surface area contributed by atoms with Crippen LogP contribution in [0.3, 0.4) is 0 Å². The maximum Gasteiger partial charge on any atom is 0.302 e. The summed E-state index contributed by atoms with van der Waals surface area (Å²) in [6, 6.07) is 0. The average molecular weight is 425 g/mol. The molecule has 0 bridgehead atoms. The van der Waals surface area contributed by atoms with E-state index in [9.17, 15) is 9.59 Å². The van der Waals surface area contributed by atoms with Gasteiger partial charge in [0, 0.05) is 13.8 Å². The molecule has 0 unspecified atom stereocenters. The van der Waals surface area contributed by atoms with Gasteiger partial charge in [-0.15, -0.1) is 0 Å². The Balaban J connectivity index is 3.10. The number of carbonyl (C=O) groups is 2. The molecule has 0 fully saturated rings. The Hall–Kier alpha value is -1.32. The zero-order valence-corrected chi connectivity index (χ0v) is 19.9. The highest BCUT2D eigenvalue weighted by atomic mass is 16.5. The van der Waals surface area contributed by atoms with E-state index in [2.05, 4.69) is 12.2 Å². The van der Waals surface area contributed by atoms with Crippen molar-refractivity contribution >= 4 is 11.9 Å². The summed E-state index contributed by atoms with van der Waals surface area (Å²) in [5, 5.41) is 0. The number of hydrogen-bond acceptors (Lipinski definition) is 4. The maximum atomic E-state index is 10.6. The van der Waals surface area contributed by atoms with Crippen molar-refractivity contribution in [3.8, 4) is 0 Å². The van der Waals surface area contributed by atoms with Crippen LogP contribution in [0.15, 0.2) is 12.2 Å². The quantitative estimate of drug-likeness (QED) is 0.101. The largest absolute Gasteiger partial charge is 0.466 e. The minimum Gasteiger partial charge on any atom is -0.466 e. The molecule has 0 atom stereocenters. The van der Waals surface area contributed by atoms with Gasteiger partial charge in [-0.2, -0.15) is 0 Å². The van der Waals surface area contributed by atoms with Gasteiger partial charge >= 0.3 is 11.9 Å². The van der Waals surface area contributed by atoms with Gasteiger partial charge in [0.15, 0.2) is 0 Å². The molecule has 0 aliphatic heterocycles. The predicted octanol–water partition coefficient (Wildman–Crippen LogP) is 7.69. The van der Waals surface area contributed by atoms with Crippen LogP contribution >= 0.6 is 0 Å². The van der Waals surface area contributed by atoms with Gasteiger partial charge in [-0.3, -0.25) is 9.59 Å². The molecule has 0 amide bonds. The molecule has 0 saturated carbocycles. The molecule has 0 aliphatic rings. The molecular formula is C26H48O4. The van der Waals surface area contributed by atoms with Crippen LogP contribution in [0.1, 0.15) is 129 Å². The number of carbonyl (C=O) groups excluding carboxylic acids is 2. The molecule has 176 valence electrons. The van der Waals surface area contributed by atoms with Crippen LogP contribution < -0.4 is 0 Å². The van der Waals surface area contributed by atoms with Crippen LogP contribution in [0.25, 0.3) is 0 Å². The zero-order valence-electron chi connectivity index (χ0n) is 19.9. The number of hydrogen-bond donors (Lipinski definition) is 0. The highest BCUT2D eigenvalue weighted by Gasteiger charge is 1.96. The van der Waals surface area contributed by atoms with E-state index in [0.717, 1.165) is 12.8 Å². The second-order valence-electron chi connectivity index (χ2n) is 8.39. The average Bonchev–Trinajstić information content (AvgIpc) is 2.70. The molecular weight excluding hydrogens is 376 g/mol. The molecule has 0 heterocycles. The predicted molar refractivity (Wildman–Crippen MR) is 126 cm³/mol. The fourth-order valence-corrected chi connectivity index (χ4v) is 3.52. The highest BCUT2D eigenvalue weighted by molar-refractivity contribution is 5.66. The fraction of sp³-hybridized carbons (Fsp3) is 0.846. The van der Waals surface area contributed by atoms with Crippen molar-refractivity contribution in [3.63, 3.8) is 0 Å². The van der Waals surface area contributed by atoms with E-state index in [1.54, 1.807) is 0 Å². The summed E-state index contributed by atoms with van der Waals surface area (Å²) in [7, 11) is 0. The summed E-state index contributed by atoms with van der Waals surface area (Å²) in [5.41, 5.74) is 0. The van der Waals surface area contributed by atoms with Gasteiger partial charge in [-0.25, -0.2) is 0 Å². The highest BCUT2D eigenvalue weighted by Crippen LogP contribution is 2.12. The topological polar surface area (TPSA) is 52.6 Å². The third-order valence-corrected chi connectivity index (χ3v) is 5.31. The van der Waals surface area contributed by atoms with Gasteiger partial charge in [-0.1, -0.05) is 89.2 Å². The molecule has 0 aromatic heterocycles. The van der Waals surface area contributed by atoms with Crippen LogP contribution in [0, 0.1) is 0 Å². The van der Waals surface area contributed by atoms with Gasteiger partial charge in [0.05, 0.1) is 13.2 Å². The van der Waals surface area contributed by atoms with Crippen molar-refractivity contribution in [2.75, 3.05) is 13.2 Å². The lowest BCUT2D eigenvalue weighted by atomic mass is 10.1. The van der Waals surface area contributed by atoms with Crippen molar-refractivity contribution in [1.29, 1.82) is 0 Å². The number of allylic oxidation sites excluding steroid dienone is 2. The van der Waals surface area contributed by atoms with Gasteiger partial charge in [0.1, 0.15) is 0 Å². The number of esters is 2. The molecule has 0 saturated heterocycles. The van der Waals surface area contributed by atoms with Crippen LogP contribution in [-0.2, 0) is 19.1 Å². The van der Waals surface area contributed by atoms with Crippen molar-refractivity contribution in [3.05, 3.63) is 12.2 Å². The molecule has 0 N–H and O–H groups in total. The minimum atomic E-state index is -0.168. The summed E-state index contributed by atoms with van der Waals surface area (Å²) in [5.74, 6) is -0.332. The normalized spacial score (nSPS) is 11.1. The Morgan fingerprint density at radius 2 is 0.733 bits per heavy atom. The number of unbranched alkanes of at least 4 members (excludes halogenated alkanes) is 16. The van der Waals surface area contributed by atoms with E-state index in [0.29, 0.717) is 13.2 Å². The molecule has 0 aromatic carbocycles. The van der Waals surface area contributed by atoms with Gasteiger partial charge in [0.25, 0.3) is 0 Å². The number of ether oxygens (including phenoxy) is 2. The van der Waals surface area contributed by atoms with E-state index < -0.39 is 0 Å². The minimum absolute atomic E-state index is 0.164. The summed E-state index contributed by atoms with van der Waals surface area (Å²) in [6.07, 6.45) is 27.4. The van der Waals surface area contributed by atoms with Crippen molar-refractivity contribution in [2.45, 2.75) is 129 Å². The third kappa shape index (κ3) is 26.7. The zero-order chi connectivity index (χ0) is 22.1. The first-order valence-corrected chi connectivity index (χ1v) is 12.5. The van der Waals surface area contributed by atoms with E-state index in [1.807, 2.05) is 0 Å². The van der Waals surface area contributed by atoms with E-state index in [1.165, 1.54) is 117 Å². The second-order valence-corrected chi connectivity index (χ2v) is 8.39. The Kier molecular flexibility index (Phi) is 22.9. The van der Waals surface area contributed by atoms with Crippen LogP contribution in [0.5, 0.6) is 0 Å². The van der Waals surface area contributed by atoms with Crippen LogP contribution in [0.2, 0.25) is 0 Å². The lowest BCUT2D eigenvalue weighted by molar-refractivity contribution is -0.142. The van der Waals surface area contributed by atoms with Crippen LogP contribution in [0.4, 0.5) is 0 Å². The molecule has 4 nitrogen and oxygen atoms in total. The maximum absolute atomic E-state index is 10.6. The molecule has 0 aliphatic carbocycles. The van der Waals surface area contributed by atoms with Gasteiger partial charge in [0.2, 0.25) is 0 Å². The van der Waals surface area contributed by atoms with Crippen molar-refractivity contribution in [1.82, 2.24) is 0 Å². The lowest BCUT2D eigenvalue weighted by Gasteiger charge is -2.03. The first-order chi connectivity index (χ1) is 14.6. The molecule has 30 heavy (non-hydrogen) atoms. The summed E-state index contributed by atoms with van der Waals surface area (Å²) < 4.78 is 9.87. The summed E-state index contributed by atoms with van der Waals surface area (Å²) in [4.78, 5) is 21.3. The van der Waals surface area contributed by atoms with Crippen LogP contribution in [-0.4, -0.2) is 25.2 Å². The van der Waals surface area contributed by atoms with Gasteiger partial charge in [-0.05, 0) is 38.5 Å². The van der Waals surface area contributed by atoms with Crippen molar-refractivity contribution < 1.29 is 19.1 Å². The standard InChI is InChI=1S/C26H48O4/c1-25(27)29-23-21-19-17-15-13-11-9-7-5-3-4-6-8-10-12-14-16-18-20-22-24-30-26(2)28/h5,7H,3-4,6,8-24H2,1-2H3/b7-5-. The molecule has 0 rings (SSSR count). The summed E-state index contributed by atoms with van der Waals surface area (Å²) >= 11 is 0. The summed E-state index contributed by atoms with van der Waals surface area (Å²) in [6.45, 7) is 4.11. The Morgan fingerprint density at radius 1 is 0.467 bits per heavy atom. The Morgan fingerprint density at radius 3 is 1.03 bits per heavy atom. The molecule has 4 heteroatoms. The van der Waals surface area contributed by atoms with E-state index >= 15 is 0 Å². The lowest BCUT2D eigenvalue weighted by Crippen LogP contribution is -2.00. The third-order valence-electron chi connectivity index (χ3n) is 5.31. The number of rotatable bonds is 22. The van der Waals surface area contributed by atoms with Crippen molar-refractivity contribution in [2.24, 2.45) is 0 Å². The van der Waals surface area contributed by atoms with E-state index in [4.69, 9.17) is 9.47 Å². The molecule has 0 aromatic rings. The monoisotopic (exact) mass is 424 g/mol. The van der Waals surface area contributed by atoms with E-state index in [-0.39, 0.29) is 11.9 Å². The first-order valence-electron chi connectivity index (χ1n) is 12.5. The Bertz CT molecular complexity index is 417. The SMILES string of the molecule is CC(=O)OCCCCCCCC/C=C\CCCCCCCCCCCCOC(C)=O. The molecule has 0 spiro atoms. The first kappa shape index (κ1) is 28.7. The fourth-order valence-electron chi connectivity index (χ4n) is 3.52. The van der Waals surface area contributed by atoms with Gasteiger partial charge < -0.3 is 9.47 Å². The smallest absolute Gasteiger partial charge is 0.302 e. The second kappa shape index (κ2) is 24.0.